The van der Waals surface area contributed by atoms with Crippen molar-refractivity contribution in [2.24, 2.45) is 11.8 Å². The summed E-state index contributed by atoms with van der Waals surface area (Å²) in [5.74, 6) is -0.483. The van der Waals surface area contributed by atoms with Crippen molar-refractivity contribution in [1.82, 2.24) is 0 Å². The molecule has 0 fully saturated rings. The molecule has 0 heterocycles. The van der Waals surface area contributed by atoms with Crippen LogP contribution < -0.4 is 0 Å². The fourth-order valence-corrected chi connectivity index (χ4v) is 14.1. The van der Waals surface area contributed by atoms with Crippen LogP contribution in [-0.4, -0.2) is 96.7 Å². The van der Waals surface area contributed by atoms with E-state index in [0.717, 1.165) is 108 Å². The summed E-state index contributed by atoms with van der Waals surface area (Å²) in [5, 5.41) is 10.6. The Hall–Kier alpha value is -1.94. The van der Waals surface area contributed by atoms with Crippen molar-refractivity contribution in [3.05, 3.63) is 0 Å². The van der Waals surface area contributed by atoms with Gasteiger partial charge in [-0.15, -0.1) is 0 Å². The number of hydrogen-bond donors (Lipinski definition) is 3. The van der Waals surface area contributed by atoms with E-state index in [9.17, 15) is 43.2 Å². The van der Waals surface area contributed by atoms with E-state index >= 15 is 0 Å². The van der Waals surface area contributed by atoms with E-state index < -0.39 is 97.5 Å². The lowest BCUT2D eigenvalue weighted by Crippen LogP contribution is -2.30. The van der Waals surface area contributed by atoms with E-state index in [1.54, 1.807) is 0 Å². The van der Waals surface area contributed by atoms with Crippen LogP contribution in [0.15, 0.2) is 0 Å². The van der Waals surface area contributed by atoms with Gasteiger partial charge in [0.05, 0.1) is 26.4 Å². The summed E-state index contributed by atoms with van der Waals surface area (Å²) < 4.78 is 68.4. The third-order valence-electron chi connectivity index (χ3n) is 19.7. The predicted molar refractivity (Wildman–Crippen MR) is 409 cm³/mol. The maximum Gasteiger partial charge on any atom is 0.472 e. The highest BCUT2D eigenvalue weighted by Crippen LogP contribution is 2.45. The number of carbonyl (C=O) groups excluding carboxylic acids is 4. The second-order valence-electron chi connectivity index (χ2n) is 29.6. The van der Waals surface area contributed by atoms with Gasteiger partial charge in [-0.2, -0.15) is 0 Å². The van der Waals surface area contributed by atoms with Gasteiger partial charge in [0.25, 0.3) is 0 Å². The molecule has 0 rings (SSSR count). The zero-order valence-electron chi connectivity index (χ0n) is 65.5. The van der Waals surface area contributed by atoms with Crippen molar-refractivity contribution < 1.29 is 80.2 Å². The summed E-state index contributed by atoms with van der Waals surface area (Å²) >= 11 is 0. The van der Waals surface area contributed by atoms with Crippen LogP contribution in [0.3, 0.4) is 0 Å². The second-order valence-corrected chi connectivity index (χ2v) is 32.6. The molecule has 3 N–H and O–H groups in total. The standard InChI is InChI=1S/C81H158O17P2/c1-7-11-13-15-16-17-18-19-20-21-22-23-24-28-31-34-37-40-46-52-58-64-79(84)92-70-77(98-80(85)65-59-53-47-41-38-35-32-29-26-25-27-30-33-36-39-44-50-55-61-73(5)9-3)72-96-100(89,90)94-68-75(82)67-93-99(87,88)95-71-76(69-91-78(83)63-57-49-14-12-8-2)97-81(86)66-60-54-48-43-42-45-51-56-62-74(6)10-4/h73-77,82H,7-72H2,1-6H3,(H,87,88)(H,89,90)/t73?,74?,75-,76+,77+/m0/s1. The molecule has 0 saturated carbocycles. The van der Waals surface area contributed by atoms with Crippen LogP contribution in [0.2, 0.25) is 0 Å². The molecule has 0 aromatic heterocycles. The van der Waals surface area contributed by atoms with Crippen molar-refractivity contribution in [2.75, 3.05) is 39.6 Å². The van der Waals surface area contributed by atoms with Crippen molar-refractivity contribution in [2.45, 2.75) is 445 Å². The number of hydrogen-bond acceptors (Lipinski definition) is 15. The van der Waals surface area contributed by atoms with Crippen LogP contribution in [-0.2, 0) is 65.4 Å². The average molecular weight is 1470 g/mol. The number of aliphatic hydroxyl groups is 1. The van der Waals surface area contributed by atoms with Crippen molar-refractivity contribution in [1.29, 1.82) is 0 Å². The number of rotatable bonds is 80. The van der Waals surface area contributed by atoms with E-state index in [4.69, 9.17) is 37.0 Å². The van der Waals surface area contributed by atoms with E-state index in [1.165, 1.54) is 238 Å². The molecule has 0 aromatic rings. The predicted octanol–water partition coefficient (Wildman–Crippen LogP) is 24.3. The number of esters is 4. The number of phosphoric ester groups is 2. The van der Waals surface area contributed by atoms with Crippen molar-refractivity contribution in [3.8, 4) is 0 Å². The quantitative estimate of drug-likeness (QED) is 0.0222. The van der Waals surface area contributed by atoms with Crippen LogP contribution in [0.5, 0.6) is 0 Å². The Morgan fingerprint density at radius 1 is 0.280 bits per heavy atom. The fourth-order valence-electron chi connectivity index (χ4n) is 12.5. The Morgan fingerprint density at radius 3 is 0.710 bits per heavy atom. The van der Waals surface area contributed by atoms with Crippen LogP contribution in [0, 0.1) is 11.8 Å². The van der Waals surface area contributed by atoms with Crippen molar-refractivity contribution in [3.63, 3.8) is 0 Å². The molecule has 7 atom stereocenters. The van der Waals surface area contributed by atoms with Gasteiger partial charge in [-0.3, -0.25) is 37.3 Å². The lowest BCUT2D eigenvalue weighted by Gasteiger charge is -2.21. The maximum absolute atomic E-state index is 13.1. The Morgan fingerprint density at radius 2 is 0.480 bits per heavy atom. The largest absolute Gasteiger partial charge is 0.472 e. The summed E-state index contributed by atoms with van der Waals surface area (Å²) in [5.41, 5.74) is 0. The molecule has 0 aromatic carbocycles. The molecule has 0 spiro atoms. The van der Waals surface area contributed by atoms with Crippen LogP contribution in [0.25, 0.3) is 0 Å². The highest BCUT2D eigenvalue weighted by Gasteiger charge is 2.30. The van der Waals surface area contributed by atoms with Gasteiger partial charge in [-0.25, -0.2) is 9.13 Å². The molecule has 0 aliphatic carbocycles. The minimum absolute atomic E-state index is 0.104. The number of phosphoric acid groups is 2. The first-order chi connectivity index (χ1) is 48.4. The van der Waals surface area contributed by atoms with Gasteiger partial charge in [0, 0.05) is 25.7 Å². The van der Waals surface area contributed by atoms with E-state index in [-0.39, 0.29) is 25.7 Å². The lowest BCUT2D eigenvalue weighted by atomic mass is 9.99. The molecular weight excluding hydrogens is 1310 g/mol. The molecule has 594 valence electrons. The maximum atomic E-state index is 13.1. The topological polar surface area (TPSA) is 237 Å². The Balaban J connectivity index is 5.10. The van der Waals surface area contributed by atoms with Gasteiger partial charge in [0.2, 0.25) is 0 Å². The Labute approximate surface area is 613 Å². The highest BCUT2D eigenvalue weighted by molar-refractivity contribution is 7.47. The second kappa shape index (κ2) is 72.6. The van der Waals surface area contributed by atoms with Crippen LogP contribution >= 0.6 is 15.6 Å². The summed E-state index contributed by atoms with van der Waals surface area (Å²) in [6.45, 7) is 9.59. The Bertz CT molecular complexity index is 1930. The number of ether oxygens (including phenoxy) is 4. The van der Waals surface area contributed by atoms with Crippen LogP contribution in [0.4, 0.5) is 0 Å². The molecule has 100 heavy (non-hydrogen) atoms. The first kappa shape index (κ1) is 98.1. The molecule has 17 nitrogen and oxygen atoms in total. The van der Waals surface area contributed by atoms with Gasteiger partial charge in [0.1, 0.15) is 19.3 Å². The third kappa shape index (κ3) is 71.7. The van der Waals surface area contributed by atoms with Crippen LogP contribution in [0.1, 0.15) is 427 Å². The Kier molecular flexibility index (Phi) is 71.2. The molecule has 0 bridgehead atoms. The molecule has 0 aliphatic rings. The van der Waals surface area contributed by atoms with Gasteiger partial charge in [-0.1, -0.05) is 375 Å². The van der Waals surface area contributed by atoms with E-state index in [1.807, 2.05) is 0 Å². The van der Waals surface area contributed by atoms with Gasteiger partial charge in [0.15, 0.2) is 12.2 Å². The number of carbonyl (C=O) groups is 4. The van der Waals surface area contributed by atoms with Gasteiger partial charge in [-0.05, 0) is 37.5 Å². The summed E-state index contributed by atoms with van der Waals surface area (Å²) in [6.07, 6.45) is 63.1. The molecule has 0 amide bonds. The van der Waals surface area contributed by atoms with Crippen molar-refractivity contribution >= 4 is 39.5 Å². The monoisotopic (exact) mass is 1470 g/mol. The molecule has 4 unspecified atom stereocenters. The molecule has 19 heteroatoms. The zero-order chi connectivity index (χ0) is 73.5. The average Bonchev–Trinajstić information content (AvgIpc) is 1.18. The SMILES string of the molecule is CCCCCCCCCCCCCCCCCCCCCCCC(=O)OC[C@H](COP(=O)(O)OC[C@@H](O)COP(=O)(O)OC[C@@H](COC(=O)CCCCCCC)OC(=O)CCCCCCCCCCC(C)CC)OC(=O)CCCCCCCCCCCCCCCCCCCCC(C)CC. The zero-order valence-corrected chi connectivity index (χ0v) is 67.3. The minimum Gasteiger partial charge on any atom is -0.462 e. The number of unbranched alkanes of at least 4 members (excludes halogenated alkanes) is 48. The van der Waals surface area contributed by atoms with E-state index in [0.29, 0.717) is 25.7 Å². The summed E-state index contributed by atoms with van der Waals surface area (Å²) in [6, 6.07) is 0. The normalized spacial score (nSPS) is 14.4. The summed E-state index contributed by atoms with van der Waals surface area (Å²) in [7, 11) is -9.91. The lowest BCUT2D eigenvalue weighted by molar-refractivity contribution is -0.161. The molecular formula is C81H158O17P2. The highest BCUT2D eigenvalue weighted by atomic mass is 31.2. The number of aliphatic hydroxyl groups excluding tert-OH is 1. The smallest absolute Gasteiger partial charge is 0.462 e. The molecule has 0 radical (unpaired) electrons. The minimum atomic E-state index is -4.96. The molecule has 0 aliphatic heterocycles. The fraction of sp³-hybridized carbons (Fsp3) is 0.951. The van der Waals surface area contributed by atoms with Gasteiger partial charge >= 0.3 is 39.5 Å². The summed E-state index contributed by atoms with van der Waals surface area (Å²) in [4.78, 5) is 72.7. The van der Waals surface area contributed by atoms with E-state index in [2.05, 4.69) is 41.5 Å². The molecule has 0 saturated heterocycles. The first-order valence-corrected chi connectivity index (χ1v) is 45.1. The van der Waals surface area contributed by atoms with Gasteiger partial charge < -0.3 is 33.8 Å². The first-order valence-electron chi connectivity index (χ1n) is 42.1. The third-order valence-corrected chi connectivity index (χ3v) is 21.6.